The Labute approximate surface area is 298 Å². The summed E-state index contributed by atoms with van der Waals surface area (Å²) in [5, 5.41) is 16.2. The first-order chi connectivity index (χ1) is 24.8. The third-order valence-corrected chi connectivity index (χ3v) is 8.29. The van der Waals surface area contributed by atoms with Crippen molar-refractivity contribution >= 4 is 34.8 Å². The molecule has 3 atom stereocenters. The Bertz CT molecular complexity index is 1740. The lowest BCUT2D eigenvalue weighted by Crippen LogP contribution is -2.46. The fourth-order valence-corrected chi connectivity index (χ4v) is 5.65. The van der Waals surface area contributed by atoms with Crippen molar-refractivity contribution in [3.05, 3.63) is 133 Å². The molecule has 0 saturated carbocycles. The Hall–Kier alpha value is -5.68. The molecule has 1 aromatic heterocycles. The molecule has 0 fully saturated rings. The van der Waals surface area contributed by atoms with E-state index in [1.807, 2.05) is 91.1 Å². The Morgan fingerprint density at radius 3 is 2.20 bits per heavy atom. The third kappa shape index (κ3) is 12.0. The van der Waals surface area contributed by atoms with Gasteiger partial charge < -0.3 is 35.1 Å². The van der Waals surface area contributed by atoms with Gasteiger partial charge in [0.2, 0.25) is 11.8 Å². The highest BCUT2D eigenvalue weighted by atomic mass is 16.6. The summed E-state index contributed by atoms with van der Waals surface area (Å²) >= 11 is 0. The van der Waals surface area contributed by atoms with Gasteiger partial charge in [0.25, 0.3) is 0 Å². The van der Waals surface area contributed by atoms with Crippen LogP contribution in [0.25, 0.3) is 10.9 Å². The number of aromatic amines is 1. The molecule has 0 aliphatic rings. The van der Waals surface area contributed by atoms with E-state index in [-0.39, 0.29) is 51.5 Å². The highest BCUT2D eigenvalue weighted by molar-refractivity contribution is 5.87. The average molecular weight is 695 g/mol. The largest absolute Gasteiger partial charge is 0.462 e. The minimum absolute atomic E-state index is 0.0274. The third-order valence-electron chi connectivity index (χ3n) is 8.29. The highest BCUT2D eigenvalue weighted by Gasteiger charge is 2.28. The Morgan fingerprint density at radius 2 is 1.51 bits per heavy atom. The van der Waals surface area contributed by atoms with Crippen LogP contribution in [0.2, 0.25) is 0 Å². The van der Waals surface area contributed by atoms with Gasteiger partial charge in [0.1, 0.15) is 19.3 Å². The van der Waals surface area contributed by atoms with Crippen LogP contribution >= 0.6 is 0 Å². The number of aliphatic hydroxyl groups excluding tert-OH is 1. The molecule has 51 heavy (non-hydrogen) atoms. The van der Waals surface area contributed by atoms with Crippen LogP contribution in [-0.2, 0) is 43.4 Å². The van der Waals surface area contributed by atoms with Crippen molar-refractivity contribution < 1.29 is 33.8 Å². The van der Waals surface area contributed by atoms with Gasteiger partial charge >= 0.3 is 12.1 Å². The molecular weight excluding hydrogens is 648 g/mol. The molecule has 4 rings (SSSR count). The second-order valence-corrected chi connectivity index (χ2v) is 12.1. The summed E-state index contributed by atoms with van der Waals surface area (Å²) in [5.41, 5.74) is 3.50. The predicted molar refractivity (Wildman–Crippen MR) is 195 cm³/mol. The van der Waals surface area contributed by atoms with Crippen molar-refractivity contribution in [2.24, 2.45) is 5.92 Å². The standard InChI is InChI=1S/C40H46N4O7/c1-3-13-31(24-37(46)44(21-22-45)26-29-15-7-5-8-16-29)38(47)42-33(23-32-25-41-35-20-12-11-19-34(32)35)28-50-39(48)36(14-4-2)43-40(49)51-27-30-17-9-6-10-18-30/h3-12,15-20,25,31,33,36,41,45H,1-2,13-14,21-24,26-28H2,(H,42,47)(H,43,49). The summed E-state index contributed by atoms with van der Waals surface area (Å²) in [6.07, 6.45) is 4.65. The fourth-order valence-electron chi connectivity index (χ4n) is 5.65. The number of hydrogen-bond acceptors (Lipinski definition) is 7. The zero-order valence-electron chi connectivity index (χ0n) is 28.7. The van der Waals surface area contributed by atoms with E-state index in [4.69, 9.17) is 9.47 Å². The van der Waals surface area contributed by atoms with E-state index in [1.165, 1.54) is 11.0 Å². The lowest BCUT2D eigenvalue weighted by Gasteiger charge is -2.26. The van der Waals surface area contributed by atoms with Gasteiger partial charge in [0.15, 0.2) is 0 Å². The number of para-hydroxylation sites is 1. The Morgan fingerprint density at radius 1 is 0.843 bits per heavy atom. The number of esters is 1. The summed E-state index contributed by atoms with van der Waals surface area (Å²) in [5.74, 6) is -2.17. The molecule has 4 N–H and O–H groups in total. The first-order valence-electron chi connectivity index (χ1n) is 16.9. The van der Waals surface area contributed by atoms with Crippen molar-refractivity contribution in [2.75, 3.05) is 19.8 Å². The monoisotopic (exact) mass is 694 g/mol. The number of alkyl carbamates (subject to hydrolysis) is 1. The van der Waals surface area contributed by atoms with E-state index >= 15 is 0 Å². The van der Waals surface area contributed by atoms with Gasteiger partial charge in [-0.3, -0.25) is 9.59 Å². The summed E-state index contributed by atoms with van der Waals surface area (Å²) < 4.78 is 11.0. The van der Waals surface area contributed by atoms with Gasteiger partial charge in [-0.15, -0.1) is 13.2 Å². The minimum Gasteiger partial charge on any atom is -0.462 e. The molecule has 11 heteroatoms. The van der Waals surface area contributed by atoms with Crippen molar-refractivity contribution in [1.82, 2.24) is 20.5 Å². The van der Waals surface area contributed by atoms with Gasteiger partial charge in [-0.2, -0.15) is 0 Å². The molecule has 0 bridgehead atoms. The molecule has 0 spiro atoms. The number of H-pyrrole nitrogens is 1. The predicted octanol–water partition coefficient (Wildman–Crippen LogP) is 5.21. The number of ether oxygens (including phenoxy) is 2. The number of carbonyl (C=O) groups excluding carboxylic acids is 4. The first-order valence-corrected chi connectivity index (χ1v) is 16.9. The smallest absolute Gasteiger partial charge is 0.408 e. The van der Waals surface area contributed by atoms with Crippen LogP contribution in [0.1, 0.15) is 36.0 Å². The highest BCUT2D eigenvalue weighted by Crippen LogP contribution is 2.21. The average Bonchev–Trinajstić information content (AvgIpc) is 3.55. The van der Waals surface area contributed by atoms with Gasteiger partial charge in [-0.25, -0.2) is 9.59 Å². The number of rotatable bonds is 20. The molecule has 0 aliphatic heterocycles. The first kappa shape index (κ1) is 38.1. The molecule has 11 nitrogen and oxygen atoms in total. The number of nitrogens with zero attached hydrogens (tertiary/aromatic N) is 1. The van der Waals surface area contributed by atoms with Gasteiger partial charge in [0.05, 0.1) is 18.6 Å². The molecule has 1 heterocycles. The molecule has 268 valence electrons. The zero-order chi connectivity index (χ0) is 36.4. The zero-order valence-corrected chi connectivity index (χ0v) is 28.7. The number of hydrogen-bond donors (Lipinski definition) is 4. The quantitative estimate of drug-likeness (QED) is 0.0733. The normalized spacial score (nSPS) is 12.6. The van der Waals surface area contributed by atoms with Crippen molar-refractivity contribution in [1.29, 1.82) is 0 Å². The molecule has 3 amide bonds. The van der Waals surface area contributed by atoms with E-state index < -0.39 is 36.0 Å². The van der Waals surface area contributed by atoms with Gasteiger partial charge in [-0.05, 0) is 42.0 Å². The maximum Gasteiger partial charge on any atom is 0.408 e. The van der Waals surface area contributed by atoms with Gasteiger partial charge in [-0.1, -0.05) is 91.0 Å². The van der Waals surface area contributed by atoms with E-state index in [1.54, 1.807) is 6.08 Å². The Balaban J connectivity index is 1.45. The number of aromatic nitrogens is 1. The van der Waals surface area contributed by atoms with E-state index in [0.29, 0.717) is 13.0 Å². The molecule has 0 aliphatic carbocycles. The topological polar surface area (TPSA) is 150 Å². The molecule has 4 aromatic rings. The van der Waals surface area contributed by atoms with Crippen LogP contribution in [0.15, 0.2) is 116 Å². The van der Waals surface area contributed by atoms with E-state index in [2.05, 4.69) is 28.8 Å². The number of nitrogens with one attached hydrogen (secondary N) is 3. The molecule has 0 saturated heterocycles. The lowest BCUT2D eigenvalue weighted by atomic mass is 9.97. The number of fused-ring (bicyclic) bond motifs is 1. The van der Waals surface area contributed by atoms with Crippen LogP contribution < -0.4 is 10.6 Å². The van der Waals surface area contributed by atoms with E-state index in [0.717, 1.165) is 27.6 Å². The van der Waals surface area contributed by atoms with Crippen LogP contribution in [0.3, 0.4) is 0 Å². The van der Waals surface area contributed by atoms with Crippen LogP contribution in [0.4, 0.5) is 4.79 Å². The van der Waals surface area contributed by atoms with Crippen molar-refractivity contribution in [3.63, 3.8) is 0 Å². The number of aliphatic hydroxyl groups is 1. The van der Waals surface area contributed by atoms with E-state index in [9.17, 15) is 24.3 Å². The summed E-state index contributed by atoms with van der Waals surface area (Å²) in [6.45, 7) is 7.49. The summed E-state index contributed by atoms with van der Waals surface area (Å²) in [4.78, 5) is 57.9. The van der Waals surface area contributed by atoms with Crippen molar-refractivity contribution in [2.45, 2.75) is 50.9 Å². The summed E-state index contributed by atoms with van der Waals surface area (Å²) in [6, 6.07) is 24.5. The number of benzene rings is 3. The van der Waals surface area contributed by atoms with Crippen LogP contribution in [0, 0.1) is 5.92 Å². The van der Waals surface area contributed by atoms with Crippen molar-refractivity contribution in [3.8, 4) is 0 Å². The maximum atomic E-state index is 13.8. The molecule has 3 aromatic carbocycles. The molecular formula is C40H46N4O7. The molecule has 3 unspecified atom stereocenters. The SMILES string of the molecule is C=CCC(CC(=O)N(CCO)Cc1ccccc1)C(=O)NC(COC(=O)C(CC=C)NC(=O)OCc1ccccc1)Cc1c[nH]c2ccccc12. The fraction of sp³-hybridized carbons (Fsp3) is 0.300. The van der Waals surface area contributed by atoms with Crippen LogP contribution in [0.5, 0.6) is 0 Å². The van der Waals surface area contributed by atoms with Gasteiger partial charge in [0, 0.05) is 36.6 Å². The second-order valence-electron chi connectivity index (χ2n) is 12.1. The maximum absolute atomic E-state index is 13.8. The number of allylic oxidation sites excluding steroid dienone is 1. The minimum atomic E-state index is -1.07. The Kier molecular flexibility index (Phi) is 15.0. The number of carbonyl (C=O) groups is 4. The summed E-state index contributed by atoms with van der Waals surface area (Å²) in [7, 11) is 0. The molecule has 0 radical (unpaired) electrons. The number of amides is 3. The lowest BCUT2D eigenvalue weighted by molar-refractivity contribution is -0.147. The van der Waals surface area contributed by atoms with Crippen LogP contribution in [-0.4, -0.2) is 70.7 Å². The second kappa shape index (κ2) is 20.1.